The smallest absolute Gasteiger partial charge is 0.236 e. The van der Waals surface area contributed by atoms with Crippen molar-refractivity contribution in [3.8, 4) is 0 Å². The van der Waals surface area contributed by atoms with Gasteiger partial charge in [-0.1, -0.05) is 0 Å². The molecule has 0 unspecified atom stereocenters. The molecule has 0 aromatic heterocycles. The number of carbonyl (C=O) groups is 2. The van der Waals surface area contributed by atoms with Crippen molar-refractivity contribution in [2.75, 3.05) is 6.54 Å². The molecule has 1 aliphatic carbocycles. The molecule has 0 bridgehead atoms. The lowest BCUT2D eigenvalue weighted by molar-refractivity contribution is -0.125. The van der Waals surface area contributed by atoms with E-state index in [1.54, 1.807) is 0 Å². The van der Waals surface area contributed by atoms with E-state index in [0.29, 0.717) is 12.3 Å². The number of nitrogens with one attached hydrogen (secondary N) is 1. The van der Waals surface area contributed by atoms with E-state index in [9.17, 15) is 9.59 Å². The highest BCUT2D eigenvalue weighted by Crippen LogP contribution is 2.31. The van der Waals surface area contributed by atoms with Crippen LogP contribution in [0.1, 0.15) is 19.3 Å². The van der Waals surface area contributed by atoms with Gasteiger partial charge < -0.3 is 11.1 Å². The van der Waals surface area contributed by atoms with Crippen LogP contribution >= 0.6 is 0 Å². The summed E-state index contributed by atoms with van der Waals surface area (Å²) in [6.45, 7) is -0.0362. The van der Waals surface area contributed by atoms with Gasteiger partial charge in [-0.25, -0.2) is 0 Å². The molecule has 4 heteroatoms. The number of hydrogen-bond acceptors (Lipinski definition) is 2. The molecule has 0 aromatic rings. The second kappa shape index (κ2) is 3.37. The van der Waals surface area contributed by atoms with Gasteiger partial charge in [-0.2, -0.15) is 0 Å². The summed E-state index contributed by atoms with van der Waals surface area (Å²) in [5, 5.41) is 2.44. The maximum atomic E-state index is 10.9. The molecule has 0 saturated heterocycles. The van der Waals surface area contributed by atoms with Crippen LogP contribution in [0.25, 0.3) is 0 Å². The van der Waals surface area contributed by atoms with E-state index in [-0.39, 0.29) is 12.5 Å². The molecule has 62 valence electrons. The van der Waals surface area contributed by atoms with E-state index < -0.39 is 5.91 Å². The summed E-state index contributed by atoms with van der Waals surface area (Å²) in [5.41, 5.74) is 4.83. The molecule has 1 fully saturated rings. The molecule has 0 heterocycles. The van der Waals surface area contributed by atoms with Crippen LogP contribution in [0.15, 0.2) is 0 Å². The molecule has 3 N–H and O–H groups in total. The molecule has 4 nitrogen and oxygen atoms in total. The van der Waals surface area contributed by atoms with Crippen LogP contribution in [-0.2, 0) is 9.59 Å². The first-order valence-corrected chi connectivity index (χ1v) is 3.73. The largest absolute Gasteiger partial charge is 0.368 e. The Balaban J connectivity index is 2.04. The summed E-state index contributed by atoms with van der Waals surface area (Å²) >= 11 is 0. The topological polar surface area (TPSA) is 72.2 Å². The summed E-state index contributed by atoms with van der Waals surface area (Å²) in [4.78, 5) is 21.1. The predicted octanol–water partition coefficient (Wildman–Crippen LogP) is -0.612. The molecule has 1 rings (SSSR count). The standard InChI is InChI=1S/C7H12N2O2/c8-6(10)4-9-7(11)3-5-1-2-5/h5H,1-4H2,(H2,8,10)(H,9,11). The molecule has 0 atom stereocenters. The van der Waals surface area contributed by atoms with Gasteiger partial charge in [-0.15, -0.1) is 0 Å². The highest BCUT2D eigenvalue weighted by atomic mass is 16.2. The van der Waals surface area contributed by atoms with E-state index in [1.807, 2.05) is 0 Å². The Bertz CT molecular complexity index is 175. The Morgan fingerprint density at radius 2 is 2.09 bits per heavy atom. The minimum atomic E-state index is -0.492. The van der Waals surface area contributed by atoms with Gasteiger partial charge >= 0.3 is 0 Å². The molecule has 11 heavy (non-hydrogen) atoms. The lowest BCUT2D eigenvalue weighted by Gasteiger charge is -1.99. The average Bonchev–Trinajstić information content (AvgIpc) is 2.67. The number of amides is 2. The normalized spacial score (nSPS) is 16.0. The third kappa shape index (κ3) is 3.60. The maximum Gasteiger partial charge on any atom is 0.236 e. The SMILES string of the molecule is NC(=O)CNC(=O)CC1CC1. The molecule has 0 aliphatic heterocycles. The summed E-state index contributed by atoms with van der Waals surface area (Å²) in [6, 6.07) is 0. The van der Waals surface area contributed by atoms with Gasteiger partial charge in [-0.05, 0) is 18.8 Å². The maximum absolute atomic E-state index is 10.9. The Kier molecular flexibility index (Phi) is 2.46. The Hall–Kier alpha value is -1.06. The molecule has 0 radical (unpaired) electrons. The fourth-order valence-electron chi connectivity index (χ4n) is 0.842. The third-order valence-corrected chi connectivity index (χ3v) is 1.63. The lowest BCUT2D eigenvalue weighted by Crippen LogP contribution is -2.33. The number of hydrogen-bond donors (Lipinski definition) is 2. The minimum Gasteiger partial charge on any atom is -0.368 e. The van der Waals surface area contributed by atoms with Crippen LogP contribution in [-0.4, -0.2) is 18.4 Å². The van der Waals surface area contributed by atoms with Crippen molar-refractivity contribution in [3.05, 3.63) is 0 Å². The highest BCUT2D eigenvalue weighted by molar-refractivity contribution is 5.83. The van der Waals surface area contributed by atoms with Gasteiger partial charge in [0, 0.05) is 6.42 Å². The molecule has 0 aromatic carbocycles. The van der Waals surface area contributed by atoms with E-state index in [0.717, 1.165) is 12.8 Å². The monoisotopic (exact) mass is 156 g/mol. The van der Waals surface area contributed by atoms with Crippen molar-refractivity contribution in [1.82, 2.24) is 5.32 Å². The van der Waals surface area contributed by atoms with Crippen LogP contribution in [0.2, 0.25) is 0 Å². The van der Waals surface area contributed by atoms with Gasteiger partial charge in [-0.3, -0.25) is 9.59 Å². The first-order valence-electron chi connectivity index (χ1n) is 3.73. The van der Waals surface area contributed by atoms with Gasteiger partial charge in [0.25, 0.3) is 0 Å². The van der Waals surface area contributed by atoms with Gasteiger partial charge in [0.2, 0.25) is 11.8 Å². The summed E-state index contributed by atoms with van der Waals surface area (Å²) in [6.07, 6.45) is 2.83. The van der Waals surface area contributed by atoms with E-state index in [2.05, 4.69) is 5.32 Å². The van der Waals surface area contributed by atoms with Crippen molar-refractivity contribution in [3.63, 3.8) is 0 Å². The minimum absolute atomic E-state index is 0.0362. The Morgan fingerprint density at radius 1 is 1.45 bits per heavy atom. The number of carbonyl (C=O) groups excluding carboxylic acids is 2. The van der Waals surface area contributed by atoms with Crippen LogP contribution < -0.4 is 11.1 Å². The Labute approximate surface area is 65.1 Å². The van der Waals surface area contributed by atoms with Gasteiger partial charge in [0.1, 0.15) is 0 Å². The molecule has 0 spiro atoms. The van der Waals surface area contributed by atoms with E-state index in [1.165, 1.54) is 0 Å². The van der Waals surface area contributed by atoms with E-state index in [4.69, 9.17) is 5.73 Å². The van der Waals surface area contributed by atoms with Crippen LogP contribution in [0, 0.1) is 5.92 Å². The van der Waals surface area contributed by atoms with Crippen molar-refractivity contribution in [2.45, 2.75) is 19.3 Å². The first kappa shape index (κ1) is 8.04. The predicted molar refractivity (Wildman–Crippen MR) is 39.5 cm³/mol. The number of rotatable bonds is 4. The third-order valence-electron chi connectivity index (χ3n) is 1.63. The zero-order valence-electron chi connectivity index (χ0n) is 6.30. The number of primary amides is 1. The summed E-state index contributed by atoms with van der Waals surface area (Å²) in [5.74, 6) is 0.00308. The summed E-state index contributed by atoms with van der Waals surface area (Å²) in [7, 11) is 0. The van der Waals surface area contributed by atoms with Crippen LogP contribution in [0.3, 0.4) is 0 Å². The highest BCUT2D eigenvalue weighted by Gasteiger charge is 2.24. The van der Waals surface area contributed by atoms with Gasteiger partial charge in [0.15, 0.2) is 0 Å². The number of nitrogens with two attached hydrogens (primary N) is 1. The lowest BCUT2D eigenvalue weighted by atomic mass is 10.3. The second-order valence-corrected chi connectivity index (χ2v) is 2.89. The quantitative estimate of drug-likeness (QED) is 0.569. The molecule has 1 aliphatic rings. The average molecular weight is 156 g/mol. The van der Waals surface area contributed by atoms with Crippen molar-refractivity contribution in [1.29, 1.82) is 0 Å². The molecular formula is C7H12N2O2. The zero-order chi connectivity index (χ0) is 8.27. The van der Waals surface area contributed by atoms with Crippen molar-refractivity contribution >= 4 is 11.8 Å². The Morgan fingerprint density at radius 3 is 2.55 bits per heavy atom. The van der Waals surface area contributed by atoms with Crippen molar-refractivity contribution < 1.29 is 9.59 Å². The van der Waals surface area contributed by atoms with Crippen LogP contribution in [0.5, 0.6) is 0 Å². The van der Waals surface area contributed by atoms with Crippen LogP contribution in [0.4, 0.5) is 0 Å². The summed E-state index contributed by atoms with van der Waals surface area (Å²) < 4.78 is 0. The van der Waals surface area contributed by atoms with Gasteiger partial charge in [0.05, 0.1) is 6.54 Å². The fraction of sp³-hybridized carbons (Fsp3) is 0.714. The van der Waals surface area contributed by atoms with Crippen molar-refractivity contribution in [2.24, 2.45) is 11.7 Å². The molecule has 1 saturated carbocycles. The zero-order valence-corrected chi connectivity index (χ0v) is 6.30. The second-order valence-electron chi connectivity index (χ2n) is 2.89. The molecular weight excluding hydrogens is 144 g/mol. The first-order chi connectivity index (χ1) is 5.18. The molecule has 2 amide bonds. The van der Waals surface area contributed by atoms with E-state index >= 15 is 0 Å². The fourth-order valence-corrected chi connectivity index (χ4v) is 0.842.